The number of benzene rings is 4. The van der Waals surface area contributed by atoms with Crippen LogP contribution < -0.4 is 0 Å². The Labute approximate surface area is 154 Å². The van der Waals surface area contributed by atoms with Gasteiger partial charge in [-0.05, 0) is 28.5 Å². The maximum atomic E-state index is 11.8. The zero-order chi connectivity index (χ0) is 17.7. The minimum atomic E-state index is 0.580. The fraction of sp³-hybridized carbons (Fsp3) is 0. The van der Waals surface area contributed by atoms with E-state index in [4.69, 9.17) is 16.0 Å². The summed E-state index contributed by atoms with van der Waals surface area (Å²) < 4.78 is 6.01. The third-order valence-electron chi connectivity index (χ3n) is 4.80. The number of hydrogen-bond donors (Lipinski definition) is 0. The molecule has 0 aliphatic heterocycles. The van der Waals surface area contributed by atoms with E-state index in [1.807, 2.05) is 72.8 Å². The monoisotopic (exact) mass is 356 g/mol. The van der Waals surface area contributed by atoms with Gasteiger partial charge in [0.15, 0.2) is 6.29 Å². The van der Waals surface area contributed by atoms with Gasteiger partial charge in [0.1, 0.15) is 11.2 Å². The predicted molar refractivity (Wildman–Crippen MR) is 107 cm³/mol. The van der Waals surface area contributed by atoms with Crippen LogP contribution in [0.15, 0.2) is 77.2 Å². The van der Waals surface area contributed by atoms with Crippen LogP contribution in [0.5, 0.6) is 0 Å². The van der Waals surface area contributed by atoms with Crippen LogP contribution in [0.25, 0.3) is 43.8 Å². The van der Waals surface area contributed by atoms with E-state index in [0.29, 0.717) is 10.6 Å². The van der Waals surface area contributed by atoms with E-state index in [0.717, 1.165) is 50.1 Å². The van der Waals surface area contributed by atoms with E-state index in [2.05, 4.69) is 0 Å². The highest BCUT2D eigenvalue weighted by Gasteiger charge is 2.18. The topological polar surface area (TPSA) is 30.2 Å². The molecule has 0 saturated carbocycles. The molecule has 0 aliphatic carbocycles. The fourth-order valence-electron chi connectivity index (χ4n) is 3.71. The Morgan fingerprint density at radius 3 is 2.42 bits per heavy atom. The summed E-state index contributed by atoms with van der Waals surface area (Å²) in [5.41, 5.74) is 3.96. The van der Waals surface area contributed by atoms with Gasteiger partial charge in [0, 0.05) is 33.0 Å². The Morgan fingerprint density at radius 2 is 1.58 bits per heavy atom. The van der Waals surface area contributed by atoms with Crippen LogP contribution in [0.4, 0.5) is 0 Å². The van der Waals surface area contributed by atoms with Crippen molar-refractivity contribution >= 4 is 50.6 Å². The summed E-state index contributed by atoms with van der Waals surface area (Å²) in [6.07, 6.45) is 0.900. The molecule has 5 rings (SSSR count). The molecule has 0 aliphatic rings. The lowest BCUT2D eigenvalue weighted by Gasteiger charge is -2.12. The van der Waals surface area contributed by atoms with Crippen LogP contribution in [0.1, 0.15) is 10.4 Å². The van der Waals surface area contributed by atoms with Gasteiger partial charge in [0.25, 0.3) is 0 Å². The molecule has 0 amide bonds. The molecule has 26 heavy (non-hydrogen) atoms. The molecule has 124 valence electrons. The Morgan fingerprint density at radius 1 is 0.808 bits per heavy atom. The molecule has 0 saturated heterocycles. The second-order valence-corrected chi connectivity index (χ2v) is 6.73. The molecular formula is C23H13ClO2. The molecule has 5 aromatic rings. The van der Waals surface area contributed by atoms with Gasteiger partial charge in [-0.25, -0.2) is 0 Å². The first-order valence-corrected chi connectivity index (χ1v) is 8.72. The van der Waals surface area contributed by atoms with Gasteiger partial charge >= 0.3 is 0 Å². The van der Waals surface area contributed by atoms with Crippen molar-refractivity contribution in [2.45, 2.75) is 0 Å². The second kappa shape index (κ2) is 5.72. The largest absolute Gasteiger partial charge is 0.456 e. The Kier molecular flexibility index (Phi) is 3.34. The number of rotatable bonds is 2. The molecule has 0 unspecified atom stereocenters. The highest BCUT2D eigenvalue weighted by Crippen LogP contribution is 2.42. The number of halogens is 1. The lowest BCUT2D eigenvalue weighted by Crippen LogP contribution is -1.91. The van der Waals surface area contributed by atoms with Crippen LogP contribution >= 0.6 is 11.6 Å². The van der Waals surface area contributed by atoms with Crippen molar-refractivity contribution < 1.29 is 9.21 Å². The molecule has 4 aromatic carbocycles. The molecular weight excluding hydrogens is 344 g/mol. The fourth-order valence-corrected chi connectivity index (χ4v) is 3.91. The van der Waals surface area contributed by atoms with Crippen molar-refractivity contribution in [3.63, 3.8) is 0 Å². The van der Waals surface area contributed by atoms with Crippen molar-refractivity contribution in [3.05, 3.63) is 83.4 Å². The Bertz CT molecular complexity index is 1310. The van der Waals surface area contributed by atoms with E-state index < -0.39 is 0 Å². The summed E-state index contributed by atoms with van der Waals surface area (Å²) in [5.74, 6) is 0. The molecule has 3 heteroatoms. The normalized spacial score (nSPS) is 11.4. The van der Waals surface area contributed by atoms with Crippen LogP contribution in [-0.2, 0) is 0 Å². The number of para-hydroxylation sites is 1. The maximum Gasteiger partial charge on any atom is 0.150 e. The number of fused-ring (bicyclic) bond motifs is 4. The van der Waals surface area contributed by atoms with Crippen molar-refractivity contribution in [1.82, 2.24) is 0 Å². The highest BCUT2D eigenvalue weighted by atomic mass is 35.5. The molecule has 0 N–H and O–H groups in total. The Balaban J connectivity index is 2.03. The molecule has 1 heterocycles. The number of carbonyl (C=O) groups is 1. The van der Waals surface area contributed by atoms with Crippen LogP contribution in [0, 0.1) is 0 Å². The third kappa shape index (κ3) is 2.16. The minimum Gasteiger partial charge on any atom is -0.456 e. The predicted octanol–water partition coefficient (Wildman–Crippen LogP) is 6.87. The van der Waals surface area contributed by atoms with E-state index in [1.54, 1.807) is 0 Å². The average molecular weight is 357 g/mol. The molecule has 0 spiro atoms. The van der Waals surface area contributed by atoms with Crippen LogP contribution in [0.3, 0.4) is 0 Å². The Hall–Kier alpha value is -3.10. The first-order chi connectivity index (χ1) is 12.8. The first kappa shape index (κ1) is 15.2. The van der Waals surface area contributed by atoms with Gasteiger partial charge in [-0.3, -0.25) is 4.79 Å². The summed E-state index contributed by atoms with van der Waals surface area (Å²) in [6, 6.07) is 23.5. The molecule has 0 fully saturated rings. The van der Waals surface area contributed by atoms with Gasteiger partial charge in [0.2, 0.25) is 0 Å². The van der Waals surface area contributed by atoms with Gasteiger partial charge in [0.05, 0.1) is 0 Å². The highest BCUT2D eigenvalue weighted by molar-refractivity contribution is 6.33. The smallest absolute Gasteiger partial charge is 0.150 e. The summed E-state index contributed by atoms with van der Waals surface area (Å²) in [5, 5.41) is 4.67. The number of carbonyl (C=O) groups excluding carboxylic acids is 1. The summed E-state index contributed by atoms with van der Waals surface area (Å²) >= 11 is 6.40. The average Bonchev–Trinajstić information content (AvgIpc) is 3.04. The van der Waals surface area contributed by atoms with E-state index in [1.165, 1.54) is 0 Å². The third-order valence-corrected chi connectivity index (χ3v) is 5.02. The molecule has 0 atom stereocenters. The lowest BCUT2D eigenvalue weighted by molar-refractivity contribution is 0.112. The van der Waals surface area contributed by atoms with Gasteiger partial charge < -0.3 is 4.42 Å². The van der Waals surface area contributed by atoms with Gasteiger partial charge in [-0.2, -0.15) is 0 Å². The second-order valence-electron chi connectivity index (χ2n) is 6.29. The van der Waals surface area contributed by atoms with Crippen molar-refractivity contribution in [2.24, 2.45) is 0 Å². The van der Waals surface area contributed by atoms with Crippen molar-refractivity contribution in [3.8, 4) is 11.1 Å². The van der Waals surface area contributed by atoms with Gasteiger partial charge in [-0.1, -0.05) is 66.2 Å². The summed E-state index contributed by atoms with van der Waals surface area (Å²) in [4.78, 5) is 11.8. The van der Waals surface area contributed by atoms with E-state index >= 15 is 0 Å². The number of aldehydes is 1. The maximum absolute atomic E-state index is 11.8. The number of hydrogen-bond acceptors (Lipinski definition) is 2. The van der Waals surface area contributed by atoms with Crippen LogP contribution in [0.2, 0.25) is 5.02 Å². The van der Waals surface area contributed by atoms with E-state index in [-0.39, 0.29) is 0 Å². The molecule has 0 bridgehead atoms. The molecule has 2 nitrogen and oxygen atoms in total. The quantitative estimate of drug-likeness (QED) is 0.323. The summed E-state index contributed by atoms with van der Waals surface area (Å²) in [6.45, 7) is 0. The van der Waals surface area contributed by atoms with Crippen LogP contribution in [-0.4, -0.2) is 6.29 Å². The molecule has 1 aromatic heterocycles. The van der Waals surface area contributed by atoms with Gasteiger partial charge in [-0.15, -0.1) is 0 Å². The lowest BCUT2D eigenvalue weighted by atomic mass is 9.91. The van der Waals surface area contributed by atoms with Crippen molar-refractivity contribution in [1.29, 1.82) is 0 Å². The first-order valence-electron chi connectivity index (χ1n) is 8.34. The zero-order valence-electron chi connectivity index (χ0n) is 13.7. The standard InChI is InChI=1S/C23H13ClO2/c24-16-11-19(23-18-7-3-4-8-20(18)26-21(23)12-16)22-15(13-25)10-9-14-5-1-2-6-17(14)22/h1-13H. The van der Waals surface area contributed by atoms with E-state index in [9.17, 15) is 4.79 Å². The number of furan rings is 1. The minimum absolute atomic E-state index is 0.580. The zero-order valence-corrected chi connectivity index (χ0v) is 14.5. The van der Waals surface area contributed by atoms with Crippen molar-refractivity contribution in [2.75, 3.05) is 0 Å². The molecule has 0 radical (unpaired) electrons. The summed E-state index contributed by atoms with van der Waals surface area (Å²) in [7, 11) is 0. The SMILES string of the molecule is O=Cc1ccc2ccccc2c1-c1cc(Cl)cc2oc3ccccc3c12.